The van der Waals surface area contributed by atoms with Crippen LogP contribution in [0.5, 0.6) is 5.75 Å². The Morgan fingerprint density at radius 1 is 1.07 bits per heavy atom. The maximum absolute atomic E-state index is 12.7. The van der Waals surface area contributed by atoms with Gasteiger partial charge in [-0.3, -0.25) is 14.9 Å². The molecule has 0 saturated carbocycles. The third kappa shape index (κ3) is 3.90. The molecular weight excluding hydrogens is 364 g/mol. The van der Waals surface area contributed by atoms with Crippen LogP contribution in [-0.2, 0) is 14.4 Å². The standard InChI is InChI=1S/C20H16N2O6/c1-12(19(25)26)28-15-9-7-13(8-10-15)11-16-17(23)21-20(27)22(18(16)24)14-5-3-2-4-6-14/h2-12H,1H3,(H,25,26)(H,21,23,27)/b16-11-/t12-/m1/s1. The molecule has 0 radical (unpaired) electrons. The maximum Gasteiger partial charge on any atom is 0.344 e. The summed E-state index contributed by atoms with van der Waals surface area (Å²) in [5, 5.41) is 11.0. The van der Waals surface area contributed by atoms with E-state index < -0.39 is 29.9 Å². The summed E-state index contributed by atoms with van der Waals surface area (Å²) >= 11 is 0. The van der Waals surface area contributed by atoms with Gasteiger partial charge in [0.15, 0.2) is 6.10 Å². The predicted octanol–water partition coefficient (Wildman–Crippen LogP) is 2.20. The monoisotopic (exact) mass is 380 g/mol. The van der Waals surface area contributed by atoms with Gasteiger partial charge in [-0.05, 0) is 42.8 Å². The highest BCUT2D eigenvalue weighted by atomic mass is 16.5. The van der Waals surface area contributed by atoms with E-state index in [1.54, 1.807) is 42.5 Å². The summed E-state index contributed by atoms with van der Waals surface area (Å²) in [4.78, 5) is 48.7. The smallest absolute Gasteiger partial charge is 0.344 e. The number of carbonyl (C=O) groups is 4. The number of hydrogen-bond acceptors (Lipinski definition) is 5. The number of urea groups is 1. The van der Waals surface area contributed by atoms with E-state index in [1.807, 2.05) is 0 Å². The fraction of sp³-hybridized carbons (Fsp3) is 0.100. The zero-order valence-corrected chi connectivity index (χ0v) is 14.8. The number of rotatable bonds is 5. The molecule has 1 aliphatic rings. The number of anilines is 1. The van der Waals surface area contributed by atoms with E-state index in [0.717, 1.165) is 4.90 Å². The highest BCUT2D eigenvalue weighted by Gasteiger charge is 2.36. The number of para-hydroxylation sites is 1. The molecule has 1 saturated heterocycles. The van der Waals surface area contributed by atoms with Crippen molar-refractivity contribution in [1.82, 2.24) is 5.32 Å². The Labute approximate surface area is 160 Å². The number of ether oxygens (including phenoxy) is 1. The van der Waals surface area contributed by atoms with Crippen molar-refractivity contribution in [3.8, 4) is 5.75 Å². The second-order valence-corrected chi connectivity index (χ2v) is 5.96. The minimum absolute atomic E-state index is 0.198. The Morgan fingerprint density at radius 2 is 1.71 bits per heavy atom. The molecule has 1 atom stereocenters. The molecule has 142 valence electrons. The van der Waals surface area contributed by atoms with Gasteiger partial charge in [-0.1, -0.05) is 30.3 Å². The number of imide groups is 2. The highest BCUT2D eigenvalue weighted by molar-refractivity contribution is 6.39. The number of nitrogens with one attached hydrogen (secondary N) is 1. The summed E-state index contributed by atoms with van der Waals surface area (Å²) in [5.74, 6) is -2.29. The molecule has 0 unspecified atom stereocenters. The van der Waals surface area contributed by atoms with Crippen LogP contribution in [0.1, 0.15) is 12.5 Å². The SMILES string of the molecule is C[C@@H](Oc1ccc(/C=C2/C(=O)NC(=O)N(c3ccccc3)C2=O)cc1)C(=O)O. The van der Waals surface area contributed by atoms with Gasteiger partial charge in [0.05, 0.1) is 5.69 Å². The van der Waals surface area contributed by atoms with Crippen molar-refractivity contribution in [1.29, 1.82) is 0 Å². The first-order valence-electron chi connectivity index (χ1n) is 8.33. The van der Waals surface area contributed by atoms with Crippen molar-refractivity contribution in [2.45, 2.75) is 13.0 Å². The van der Waals surface area contributed by atoms with Gasteiger partial charge in [-0.25, -0.2) is 14.5 Å². The van der Waals surface area contributed by atoms with Crippen molar-refractivity contribution >= 4 is 35.6 Å². The zero-order chi connectivity index (χ0) is 20.3. The molecule has 0 bridgehead atoms. The normalized spacial score (nSPS) is 16.7. The van der Waals surface area contributed by atoms with Crippen molar-refractivity contribution in [2.24, 2.45) is 0 Å². The number of barbiturate groups is 1. The van der Waals surface area contributed by atoms with Crippen molar-refractivity contribution in [3.63, 3.8) is 0 Å². The van der Waals surface area contributed by atoms with Gasteiger partial charge in [0.1, 0.15) is 11.3 Å². The summed E-state index contributed by atoms with van der Waals surface area (Å²) < 4.78 is 5.23. The van der Waals surface area contributed by atoms with Crippen molar-refractivity contribution < 1.29 is 29.0 Å². The van der Waals surface area contributed by atoms with E-state index in [-0.39, 0.29) is 5.57 Å². The lowest BCUT2D eigenvalue weighted by atomic mass is 10.1. The Hall–Kier alpha value is -3.94. The summed E-state index contributed by atoms with van der Waals surface area (Å²) in [6, 6.07) is 13.6. The summed E-state index contributed by atoms with van der Waals surface area (Å²) in [7, 11) is 0. The predicted molar refractivity (Wildman–Crippen MR) is 99.6 cm³/mol. The topological polar surface area (TPSA) is 113 Å². The fourth-order valence-electron chi connectivity index (χ4n) is 2.53. The molecule has 0 aliphatic carbocycles. The van der Waals surface area contributed by atoms with Crippen LogP contribution in [0.3, 0.4) is 0 Å². The molecule has 0 spiro atoms. The van der Waals surface area contributed by atoms with Gasteiger partial charge >= 0.3 is 12.0 Å². The lowest BCUT2D eigenvalue weighted by molar-refractivity contribution is -0.144. The third-order valence-electron chi connectivity index (χ3n) is 3.97. The molecule has 0 aromatic heterocycles. The van der Waals surface area contributed by atoms with Crippen molar-refractivity contribution in [3.05, 3.63) is 65.7 Å². The van der Waals surface area contributed by atoms with Crippen LogP contribution in [0.4, 0.5) is 10.5 Å². The molecule has 2 aromatic carbocycles. The quantitative estimate of drug-likeness (QED) is 0.607. The average molecular weight is 380 g/mol. The lowest BCUT2D eigenvalue weighted by Gasteiger charge is -2.26. The highest BCUT2D eigenvalue weighted by Crippen LogP contribution is 2.22. The molecule has 8 heteroatoms. The Balaban J connectivity index is 1.86. The van der Waals surface area contributed by atoms with E-state index in [1.165, 1.54) is 25.1 Å². The van der Waals surface area contributed by atoms with E-state index in [0.29, 0.717) is 17.0 Å². The first-order valence-corrected chi connectivity index (χ1v) is 8.33. The lowest BCUT2D eigenvalue weighted by Crippen LogP contribution is -2.54. The van der Waals surface area contributed by atoms with Gasteiger partial charge in [0.2, 0.25) is 0 Å². The Bertz CT molecular complexity index is 966. The number of carboxylic acid groups (broad SMARTS) is 1. The largest absolute Gasteiger partial charge is 0.479 e. The zero-order valence-electron chi connectivity index (χ0n) is 14.8. The minimum Gasteiger partial charge on any atom is -0.479 e. The number of benzene rings is 2. The van der Waals surface area contributed by atoms with Gasteiger partial charge in [0, 0.05) is 0 Å². The van der Waals surface area contributed by atoms with E-state index >= 15 is 0 Å². The third-order valence-corrected chi connectivity index (χ3v) is 3.97. The van der Waals surface area contributed by atoms with Gasteiger partial charge in [-0.15, -0.1) is 0 Å². The van der Waals surface area contributed by atoms with Gasteiger partial charge in [-0.2, -0.15) is 0 Å². The molecule has 1 aliphatic heterocycles. The van der Waals surface area contributed by atoms with E-state index in [9.17, 15) is 19.2 Å². The van der Waals surface area contributed by atoms with Crippen LogP contribution in [0, 0.1) is 0 Å². The maximum atomic E-state index is 12.7. The summed E-state index contributed by atoms with van der Waals surface area (Å²) in [6.45, 7) is 1.40. The molecule has 8 nitrogen and oxygen atoms in total. The second kappa shape index (κ2) is 7.75. The van der Waals surface area contributed by atoms with Gasteiger partial charge in [0.25, 0.3) is 11.8 Å². The van der Waals surface area contributed by atoms with Gasteiger partial charge < -0.3 is 9.84 Å². The van der Waals surface area contributed by atoms with Crippen LogP contribution in [0.25, 0.3) is 6.08 Å². The van der Waals surface area contributed by atoms with E-state index in [2.05, 4.69) is 5.32 Å². The van der Waals surface area contributed by atoms with Crippen molar-refractivity contribution in [2.75, 3.05) is 4.90 Å². The number of amides is 4. The number of carbonyl (C=O) groups excluding carboxylic acids is 3. The van der Waals surface area contributed by atoms with Crippen LogP contribution in [0.2, 0.25) is 0 Å². The molecule has 1 fully saturated rings. The molecule has 4 amide bonds. The molecule has 3 rings (SSSR count). The Kier molecular flexibility index (Phi) is 5.21. The van der Waals surface area contributed by atoms with Crippen LogP contribution < -0.4 is 15.0 Å². The average Bonchev–Trinajstić information content (AvgIpc) is 2.67. The van der Waals surface area contributed by atoms with Crippen LogP contribution >= 0.6 is 0 Å². The molecule has 2 N–H and O–H groups in total. The number of aliphatic carboxylic acids is 1. The molecule has 1 heterocycles. The molecule has 2 aromatic rings. The minimum atomic E-state index is -1.10. The first kappa shape index (κ1) is 18.8. The molecular formula is C20H16N2O6. The summed E-state index contributed by atoms with van der Waals surface area (Å²) in [5.41, 5.74) is 0.655. The number of hydrogen-bond donors (Lipinski definition) is 2. The Morgan fingerprint density at radius 3 is 2.32 bits per heavy atom. The number of nitrogens with zero attached hydrogens (tertiary/aromatic N) is 1. The first-order chi connectivity index (χ1) is 13.4. The summed E-state index contributed by atoms with van der Waals surface area (Å²) in [6.07, 6.45) is 0.338. The molecule has 28 heavy (non-hydrogen) atoms. The van der Waals surface area contributed by atoms with E-state index in [4.69, 9.17) is 9.84 Å². The van der Waals surface area contributed by atoms with Crippen LogP contribution in [-0.4, -0.2) is 35.0 Å². The number of carboxylic acids is 1. The second-order valence-electron chi connectivity index (χ2n) is 5.96. The van der Waals surface area contributed by atoms with Crippen LogP contribution in [0.15, 0.2) is 60.2 Å². The fourth-order valence-corrected chi connectivity index (χ4v) is 2.53.